The molecule has 5 nitrogen and oxygen atoms in total. The summed E-state index contributed by atoms with van der Waals surface area (Å²) in [4.78, 5) is 17.2. The summed E-state index contributed by atoms with van der Waals surface area (Å²) < 4.78 is 0. The van der Waals surface area contributed by atoms with E-state index >= 15 is 0 Å². The average Bonchev–Trinajstić information content (AvgIpc) is 2.81. The van der Waals surface area contributed by atoms with Crippen molar-refractivity contribution < 1.29 is 15.0 Å². The number of aliphatic carboxylic acids is 1. The van der Waals surface area contributed by atoms with Gasteiger partial charge in [0.1, 0.15) is 0 Å². The Balaban J connectivity index is 1.61. The van der Waals surface area contributed by atoms with Crippen molar-refractivity contribution in [3.8, 4) is 0 Å². The van der Waals surface area contributed by atoms with Crippen molar-refractivity contribution in [2.24, 2.45) is 66.9 Å². The Morgan fingerprint density at radius 2 is 1.62 bits per heavy atom. The largest absolute Gasteiger partial charge is 0.481 e. The van der Waals surface area contributed by atoms with Crippen LogP contribution < -0.4 is 5.73 Å². The summed E-state index contributed by atoms with van der Waals surface area (Å²) in [5.74, 6) is 0.921. The SMILES string of the molecule is CN=C(N)[C@@H]1C[C@]2(C)[C@H]3CC=C4[C@@H]5CC(C)(C)CC[C@]5(C(=O)O)CC[C@@]4(C)[C@]3(C)CC[C@H]2C(C)(C)[C@H]1O. The first-order chi connectivity index (χ1) is 17.0. The van der Waals surface area contributed by atoms with Gasteiger partial charge in [-0.1, -0.05) is 60.1 Å². The van der Waals surface area contributed by atoms with Gasteiger partial charge in [0.2, 0.25) is 0 Å². The van der Waals surface area contributed by atoms with E-state index < -0.39 is 17.5 Å². The van der Waals surface area contributed by atoms with E-state index in [0.717, 1.165) is 57.8 Å². The van der Waals surface area contributed by atoms with Gasteiger partial charge in [-0.05, 0) is 103 Å². The lowest BCUT2D eigenvalue weighted by atomic mass is 9.33. The Kier molecular flexibility index (Phi) is 5.95. The third-order valence-corrected chi connectivity index (χ3v) is 13.7. The van der Waals surface area contributed by atoms with Gasteiger partial charge in [-0.2, -0.15) is 0 Å². The lowest BCUT2D eigenvalue weighted by Crippen LogP contribution is -2.67. The number of aliphatic hydroxyl groups excluding tert-OH is 1. The van der Waals surface area contributed by atoms with Gasteiger partial charge >= 0.3 is 5.97 Å². The predicted molar refractivity (Wildman–Crippen MR) is 149 cm³/mol. The number of rotatable bonds is 2. The molecular formula is C32H52N2O3. The molecule has 5 rings (SSSR count). The van der Waals surface area contributed by atoms with Crippen molar-refractivity contribution in [1.29, 1.82) is 0 Å². The average molecular weight is 513 g/mol. The Morgan fingerprint density at radius 1 is 0.973 bits per heavy atom. The second-order valence-electron chi connectivity index (χ2n) is 15.9. The zero-order valence-corrected chi connectivity index (χ0v) is 24.7. The first kappa shape index (κ1) is 27.2. The number of carboxylic acid groups (broad SMARTS) is 1. The molecule has 0 radical (unpaired) electrons. The van der Waals surface area contributed by atoms with Crippen LogP contribution in [0.1, 0.15) is 106 Å². The number of amidine groups is 1. The van der Waals surface area contributed by atoms with Crippen LogP contribution in [-0.4, -0.2) is 35.2 Å². The quantitative estimate of drug-likeness (QED) is 0.225. The van der Waals surface area contributed by atoms with Gasteiger partial charge in [-0.3, -0.25) is 9.79 Å². The molecule has 0 bridgehead atoms. The Labute approximate surface area is 224 Å². The van der Waals surface area contributed by atoms with Gasteiger partial charge in [0.15, 0.2) is 0 Å². The van der Waals surface area contributed by atoms with Crippen molar-refractivity contribution in [3.05, 3.63) is 11.6 Å². The summed E-state index contributed by atoms with van der Waals surface area (Å²) in [5, 5.41) is 22.1. The van der Waals surface area contributed by atoms with Gasteiger partial charge in [-0.15, -0.1) is 0 Å². The summed E-state index contributed by atoms with van der Waals surface area (Å²) in [6.07, 6.45) is 10.7. The fourth-order valence-corrected chi connectivity index (χ4v) is 11.2. The summed E-state index contributed by atoms with van der Waals surface area (Å²) >= 11 is 0. The van der Waals surface area contributed by atoms with Crippen molar-refractivity contribution in [3.63, 3.8) is 0 Å². The maximum absolute atomic E-state index is 12.9. The van der Waals surface area contributed by atoms with Gasteiger partial charge < -0.3 is 15.9 Å². The number of aliphatic hydroxyl groups is 1. The summed E-state index contributed by atoms with van der Waals surface area (Å²) in [5.41, 5.74) is 7.38. The number of hydrogen-bond acceptors (Lipinski definition) is 3. The van der Waals surface area contributed by atoms with Crippen LogP contribution in [0, 0.1) is 56.2 Å². The van der Waals surface area contributed by atoms with E-state index in [1.165, 1.54) is 5.57 Å². The van der Waals surface area contributed by atoms with Crippen LogP contribution in [0.15, 0.2) is 16.6 Å². The topological polar surface area (TPSA) is 95.9 Å². The molecule has 4 saturated carbocycles. The highest BCUT2D eigenvalue weighted by Crippen LogP contribution is 2.76. The molecule has 9 atom stereocenters. The minimum atomic E-state index is -0.598. The van der Waals surface area contributed by atoms with Crippen LogP contribution in [0.3, 0.4) is 0 Å². The highest BCUT2D eigenvalue weighted by Gasteiger charge is 2.70. The zero-order valence-electron chi connectivity index (χ0n) is 24.7. The number of nitrogens with zero attached hydrogens (tertiary/aromatic N) is 1. The van der Waals surface area contributed by atoms with Crippen molar-refractivity contribution in [2.75, 3.05) is 7.05 Å². The lowest BCUT2D eigenvalue weighted by Gasteiger charge is -2.71. The number of aliphatic imine (C=N–C) groups is 1. The monoisotopic (exact) mass is 512 g/mol. The van der Waals surface area contributed by atoms with Gasteiger partial charge in [0.05, 0.1) is 17.4 Å². The van der Waals surface area contributed by atoms with Crippen LogP contribution in [-0.2, 0) is 4.79 Å². The molecule has 4 N–H and O–H groups in total. The standard InChI is InChI=1S/C32H52N2O3/c1-27(2)13-15-32(26(36)37)16-14-30(6)20(21(32)18-27)9-10-23-29(5)17-19(25(33)34-8)24(35)28(3,4)22(29)11-12-31(23,30)7/h9,19,21-24,35H,10-18H2,1-8H3,(H2,33,34)(H,36,37)/t19-,21+,22+,23-,24+,29+,30-,31-,32+/m1/s1. The maximum Gasteiger partial charge on any atom is 0.310 e. The smallest absolute Gasteiger partial charge is 0.310 e. The van der Waals surface area contributed by atoms with E-state index in [1.807, 2.05) is 0 Å². The lowest BCUT2D eigenvalue weighted by molar-refractivity contribution is -0.213. The molecule has 0 aromatic rings. The van der Waals surface area contributed by atoms with Gasteiger partial charge in [-0.25, -0.2) is 0 Å². The van der Waals surface area contributed by atoms with Crippen LogP contribution >= 0.6 is 0 Å². The molecule has 0 aromatic carbocycles. The Bertz CT molecular complexity index is 1040. The van der Waals surface area contributed by atoms with Crippen LogP contribution in [0.2, 0.25) is 0 Å². The molecule has 0 unspecified atom stereocenters. The fraction of sp³-hybridized carbons (Fsp3) is 0.875. The molecule has 5 heteroatoms. The second-order valence-corrected chi connectivity index (χ2v) is 15.9. The molecule has 208 valence electrons. The summed E-state index contributed by atoms with van der Waals surface area (Å²) in [6, 6.07) is 0. The predicted octanol–water partition coefficient (Wildman–Crippen LogP) is 6.45. The molecular weight excluding hydrogens is 460 g/mol. The van der Waals surface area contributed by atoms with Crippen molar-refractivity contribution in [1.82, 2.24) is 0 Å². The molecule has 37 heavy (non-hydrogen) atoms. The summed E-state index contributed by atoms with van der Waals surface area (Å²) in [6.45, 7) is 16.7. The van der Waals surface area contributed by atoms with E-state index in [1.54, 1.807) is 7.05 Å². The van der Waals surface area contributed by atoms with Gasteiger partial charge in [0, 0.05) is 13.0 Å². The van der Waals surface area contributed by atoms with Crippen molar-refractivity contribution >= 4 is 11.8 Å². The second kappa shape index (κ2) is 8.08. The number of hydrogen-bond donors (Lipinski definition) is 3. The first-order valence-corrected chi connectivity index (χ1v) is 14.8. The molecule has 0 amide bonds. The molecule has 5 aliphatic rings. The molecule has 4 fully saturated rings. The van der Waals surface area contributed by atoms with Crippen LogP contribution in [0.5, 0.6) is 0 Å². The first-order valence-electron chi connectivity index (χ1n) is 14.8. The Hall–Kier alpha value is -1.36. The van der Waals surface area contributed by atoms with Gasteiger partial charge in [0.25, 0.3) is 0 Å². The minimum Gasteiger partial charge on any atom is -0.481 e. The maximum atomic E-state index is 12.9. The Morgan fingerprint density at radius 3 is 2.24 bits per heavy atom. The molecule has 0 heterocycles. The molecule has 5 aliphatic carbocycles. The molecule has 0 aliphatic heterocycles. The summed E-state index contributed by atoms with van der Waals surface area (Å²) in [7, 11) is 1.74. The molecule has 0 spiro atoms. The normalized spacial score (nSPS) is 50.6. The number of allylic oxidation sites excluding steroid dienone is 2. The van der Waals surface area contributed by atoms with E-state index in [4.69, 9.17) is 5.73 Å². The number of carbonyl (C=O) groups is 1. The molecule has 0 saturated heterocycles. The fourth-order valence-electron chi connectivity index (χ4n) is 11.2. The van der Waals surface area contributed by atoms with Crippen LogP contribution in [0.25, 0.3) is 0 Å². The number of fused-ring (bicyclic) bond motifs is 7. The van der Waals surface area contributed by atoms with E-state index in [9.17, 15) is 15.0 Å². The van der Waals surface area contributed by atoms with Crippen LogP contribution in [0.4, 0.5) is 0 Å². The highest BCUT2D eigenvalue weighted by atomic mass is 16.4. The highest BCUT2D eigenvalue weighted by molar-refractivity contribution is 5.83. The van der Waals surface area contributed by atoms with E-state index in [0.29, 0.717) is 17.7 Å². The van der Waals surface area contributed by atoms with Crippen molar-refractivity contribution in [2.45, 2.75) is 112 Å². The van der Waals surface area contributed by atoms with E-state index in [-0.39, 0.29) is 38.9 Å². The third-order valence-electron chi connectivity index (χ3n) is 13.7. The molecule has 0 aromatic heterocycles. The van der Waals surface area contributed by atoms with E-state index in [2.05, 4.69) is 59.5 Å². The zero-order chi connectivity index (χ0) is 27.4. The minimum absolute atomic E-state index is 0.00102. The number of nitrogens with two attached hydrogens (primary N) is 1. The number of carboxylic acids is 1. The third kappa shape index (κ3) is 3.37.